The number of imide groups is 1. The zero-order valence-corrected chi connectivity index (χ0v) is 15.8. The molecule has 3 rings (SSSR count). The quantitative estimate of drug-likeness (QED) is 0.724. The number of carbonyl (C=O) groups excluding carboxylic acids is 3. The van der Waals surface area contributed by atoms with Crippen LogP contribution in [0, 0.1) is 11.6 Å². The molecule has 28 heavy (non-hydrogen) atoms. The van der Waals surface area contributed by atoms with Gasteiger partial charge in [0.15, 0.2) is 11.6 Å². The Kier molecular flexibility index (Phi) is 5.93. The van der Waals surface area contributed by atoms with Gasteiger partial charge >= 0.3 is 6.03 Å². The van der Waals surface area contributed by atoms with Gasteiger partial charge in [0.05, 0.1) is 0 Å². The van der Waals surface area contributed by atoms with Gasteiger partial charge in [-0.25, -0.2) is 13.6 Å². The number of rotatable bonds is 6. The van der Waals surface area contributed by atoms with E-state index in [-0.39, 0.29) is 6.42 Å². The molecule has 2 N–H and O–H groups in total. The first-order chi connectivity index (χ1) is 13.3. The summed E-state index contributed by atoms with van der Waals surface area (Å²) in [5.41, 5.74) is 2.08. The third-order valence-corrected chi connectivity index (χ3v) is 5.26. The molecular formula is C19H24F2N4O3. The molecule has 1 heterocycles. The average molecular weight is 394 g/mol. The fourth-order valence-corrected chi connectivity index (χ4v) is 3.72. The number of nitrogens with one attached hydrogen (secondary N) is 2. The topological polar surface area (TPSA) is 81.8 Å². The van der Waals surface area contributed by atoms with E-state index in [1.54, 1.807) is 11.9 Å². The molecular weight excluding hydrogens is 370 g/mol. The maximum Gasteiger partial charge on any atom is 0.344 e. The van der Waals surface area contributed by atoms with Crippen molar-refractivity contribution >= 4 is 17.8 Å². The molecule has 0 aromatic heterocycles. The van der Waals surface area contributed by atoms with Gasteiger partial charge in [0.25, 0.3) is 5.91 Å². The zero-order valence-electron chi connectivity index (χ0n) is 15.8. The molecule has 4 amide bonds. The molecule has 152 valence electrons. The molecule has 0 unspecified atom stereocenters. The Hall–Kier alpha value is -2.55. The summed E-state index contributed by atoms with van der Waals surface area (Å²) in [6, 6.07) is 3.05. The predicted molar refractivity (Wildman–Crippen MR) is 96.6 cm³/mol. The fourth-order valence-electron chi connectivity index (χ4n) is 3.72. The summed E-state index contributed by atoms with van der Waals surface area (Å²) in [7, 11) is 1.74. The van der Waals surface area contributed by atoms with Crippen molar-refractivity contribution in [1.29, 1.82) is 0 Å². The maximum absolute atomic E-state index is 13.3. The van der Waals surface area contributed by atoms with Crippen molar-refractivity contribution in [2.45, 2.75) is 50.6 Å². The minimum Gasteiger partial charge on any atom is -0.322 e. The van der Waals surface area contributed by atoms with Crippen LogP contribution in [0.15, 0.2) is 18.2 Å². The maximum atomic E-state index is 13.3. The first kappa shape index (κ1) is 20.2. The number of hydrogen-bond donors (Lipinski definition) is 2. The minimum absolute atomic E-state index is 0.0459. The number of amides is 4. The molecule has 1 aromatic rings. The number of carbonyl (C=O) groups is 3. The van der Waals surface area contributed by atoms with Crippen LogP contribution in [-0.4, -0.2) is 46.9 Å². The fraction of sp³-hybridized carbons (Fsp3) is 0.526. The Morgan fingerprint density at radius 2 is 1.93 bits per heavy atom. The van der Waals surface area contributed by atoms with Crippen molar-refractivity contribution in [3.8, 4) is 0 Å². The number of hydrogen-bond acceptors (Lipinski definition) is 4. The summed E-state index contributed by atoms with van der Waals surface area (Å²) in [5.74, 6) is -2.69. The summed E-state index contributed by atoms with van der Waals surface area (Å²) >= 11 is 0. The molecule has 0 atom stereocenters. The number of hydrazine groups is 1. The number of halogens is 2. The van der Waals surface area contributed by atoms with Crippen LogP contribution in [0.1, 0.15) is 44.1 Å². The van der Waals surface area contributed by atoms with E-state index in [1.807, 2.05) is 0 Å². The third kappa shape index (κ3) is 4.30. The van der Waals surface area contributed by atoms with E-state index in [4.69, 9.17) is 0 Å². The monoisotopic (exact) mass is 394 g/mol. The summed E-state index contributed by atoms with van der Waals surface area (Å²) in [5, 5.41) is 3.51. The molecule has 9 heteroatoms. The highest BCUT2D eigenvalue weighted by Gasteiger charge is 2.52. The second kappa shape index (κ2) is 8.22. The smallest absolute Gasteiger partial charge is 0.322 e. The molecule has 1 saturated carbocycles. The Bertz CT molecular complexity index is 780. The van der Waals surface area contributed by atoms with Crippen LogP contribution in [0.2, 0.25) is 0 Å². The van der Waals surface area contributed by atoms with Gasteiger partial charge in [-0.15, -0.1) is 0 Å². The zero-order chi connectivity index (χ0) is 20.3. The van der Waals surface area contributed by atoms with Gasteiger partial charge in [0.1, 0.15) is 5.54 Å². The van der Waals surface area contributed by atoms with Crippen LogP contribution in [0.5, 0.6) is 0 Å². The highest BCUT2D eigenvalue weighted by Crippen LogP contribution is 2.32. The first-order valence-corrected chi connectivity index (χ1v) is 9.39. The Balaban J connectivity index is 1.49. The minimum atomic E-state index is -0.918. The summed E-state index contributed by atoms with van der Waals surface area (Å²) < 4.78 is 26.2. The van der Waals surface area contributed by atoms with Crippen LogP contribution in [0.3, 0.4) is 0 Å². The van der Waals surface area contributed by atoms with E-state index in [1.165, 1.54) is 6.07 Å². The van der Waals surface area contributed by atoms with Gasteiger partial charge in [-0.1, -0.05) is 25.3 Å². The summed E-state index contributed by atoms with van der Waals surface area (Å²) in [6.45, 7) is 0.649. The summed E-state index contributed by atoms with van der Waals surface area (Å²) in [6.07, 6.45) is 3.97. The van der Waals surface area contributed by atoms with Crippen molar-refractivity contribution in [3.05, 3.63) is 35.4 Å². The highest BCUT2D eigenvalue weighted by atomic mass is 19.2. The lowest BCUT2D eigenvalue weighted by molar-refractivity contribution is -0.140. The lowest BCUT2D eigenvalue weighted by Gasteiger charge is -2.30. The van der Waals surface area contributed by atoms with Gasteiger partial charge in [0, 0.05) is 19.5 Å². The van der Waals surface area contributed by atoms with E-state index in [0.29, 0.717) is 31.5 Å². The van der Waals surface area contributed by atoms with Crippen molar-refractivity contribution in [2.75, 3.05) is 13.6 Å². The normalized spacial score (nSPS) is 18.6. The van der Waals surface area contributed by atoms with Crippen LogP contribution >= 0.6 is 0 Å². The van der Waals surface area contributed by atoms with Crippen LogP contribution in [0.4, 0.5) is 13.6 Å². The molecule has 1 aliphatic heterocycles. The van der Waals surface area contributed by atoms with Crippen LogP contribution < -0.4 is 10.7 Å². The molecule has 1 saturated heterocycles. The Labute approximate surface area is 162 Å². The molecule has 2 fully saturated rings. The van der Waals surface area contributed by atoms with E-state index in [0.717, 1.165) is 36.4 Å². The van der Waals surface area contributed by atoms with Crippen molar-refractivity contribution < 1.29 is 23.2 Å². The van der Waals surface area contributed by atoms with Crippen LogP contribution in [-0.2, 0) is 16.1 Å². The van der Waals surface area contributed by atoms with Gasteiger partial charge in [-0.2, -0.15) is 5.01 Å². The van der Waals surface area contributed by atoms with E-state index in [2.05, 4.69) is 10.7 Å². The van der Waals surface area contributed by atoms with Crippen molar-refractivity contribution in [2.24, 2.45) is 0 Å². The predicted octanol–water partition coefficient (Wildman–Crippen LogP) is 2.07. The molecule has 7 nitrogen and oxygen atoms in total. The third-order valence-electron chi connectivity index (χ3n) is 5.26. The standard InChI is InChI=1S/C19H24F2N4O3/c1-24(12-13-5-6-14(20)15(21)11-13)10-7-16(26)23-25-17(27)19(22-18(25)28)8-3-2-4-9-19/h5-6,11H,2-4,7-10,12H2,1H3,(H,22,28)(H,23,26). The lowest BCUT2D eigenvalue weighted by atomic mass is 9.82. The molecule has 1 aliphatic carbocycles. The Morgan fingerprint density at radius 1 is 1.21 bits per heavy atom. The molecule has 0 bridgehead atoms. The SMILES string of the molecule is CN(CCC(=O)NN1C(=O)NC2(CCCCC2)C1=O)Cc1ccc(F)c(F)c1. The van der Waals surface area contributed by atoms with E-state index < -0.39 is 35.0 Å². The molecule has 2 aliphatic rings. The van der Waals surface area contributed by atoms with Gasteiger partial charge in [-0.05, 0) is 37.6 Å². The van der Waals surface area contributed by atoms with Gasteiger partial charge in [0.2, 0.25) is 5.91 Å². The number of nitrogens with zero attached hydrogens (tertiary/aromatic N) is 2. The summed E-state index contributed by atoms with van der Waals surface area (Å²) in [4.78, 5) is 38.7. The number of urea groups is 1. The lowest BCUT2D eigenvalue weighted by Crippen LogP contribution is -2.51. The number of benzene rings is 1. The second-order valence-electron chi connectivity index (χ2n) is 7.48. The van der Waals surface area contributed by atoms with Crippen LogP contribution in [0.25, 0.3) is 0 Å². The average Bonchev–Trinajstić information content (AvgIpc) is 2.88. The first-order valence-electron chi connectivity index (χ1n) is 9.39. The molecule has 1 spiro atoms. The second-order valence-corrected chi connectivity index (χ2v) is 7.48. The van der Waals surface area contributed by atoms with Gasteiger partial charge < -0.3 is 10.2 Å². The Morgan fingerprint density at radius 3 is 2.61 bits per heavy atom. The highest BCUT2D eigenvalue weighted by molar-refractivity contribution is 6.08. The van der Waals surface area contributed by atoms with Gasteiger partial charge in [-0.3, -0.25) is 15.0 Å². The largest absolute Gasteiger partial charge is 0.344 e. The van der Waals surface area contributed by atoms with Crippen molar-refractivity contribution in [3.63, 3.8) is 0 Å². The van der Waals surface area contributed by atoms with E-state index in [9.17, 15) is 23.2 Å². The molecule has 1 aromatic carbocycles. The molecule has 0 radical (unpaired) electrons. The van der Waals surface area contributed by atoms with Crippen molar-refractivity contribution in [1.82, 2.24) is 20.7 Å². The van der Waals surface area contributed by atoms with E-state index >= 15 is 0 Å².